The number of hydrogen-bond donors (Lipinski definition) is 1. The average molecular weight is 290 g/mol. The van der Waals surface area contributed by atoms with Gasteiger partial charge in [-0.3, -0.25) is 9.59 Å². The fourth-order valence-electron chi connectivity index (χ4n) is 1.85. The number of carboxylic acid groups (broad SMARTS) is 1. The molecule has 0 radical (unpaired) electrons. The van der Waals surface area contributed by atoms with Gasteiger partial charge < -0.3 is 17.5 Å². The smallest absolute Gasteiger partial charge is 0.310 e. The zero-order valence-electron chi connectivity index (χ0n) is 10.9. The van der Waals surface area contributed by atoms with Crippen LogP contribution in [-0.4, -0.2) is 16.9 Å². The standard InChI is InChI=1S/C16H14O3.ClH/c1-11(16(18)19)13-8-5-9-14(10-13)15(17)12-6-3-2-4-7-12;/h2-11H,1H3,(H,18,19);1H/p-1. The third-order valence-electron chi connectivity index (χ3n) is 3.06. The summed E-state index contributed by atoms with van der Waals surface area (Å²) in [5.41, 5.74) is 1.74. The summed E-state index contributed by atoms with van der Waals surface area (Å²) in [6.45, 7) is 1.61. The summed E-state index contributed by atoms with van der Waals surface area (Å²) < 4.78 is 0. The molecular weight excluding hydrogens is 276 g/mol. The van der Waals surface area contributed by atoms with Gasteiger partial charge in [0.15, 0.2) is 5.78 Å². The number of benzene rings is 2. The molecule has 0 saturated heterocycles. The lowest BCUT2D eigenvalue weighted by molar-refractivity contribution is -0.138. The van der Waals surface area contributed by atoms with E-state index >= 15 is 0 Å². The second-order valence-corrected chi connectivity index (χ2v) is 4.38. The second-order valence-electron chi connectivity index (χ2n) is 4.38. The van der Waals surface area contributed by atoms with Crippen molar-refractivity contribution in [3.05, 3.63) is 71.3 Å². The molecule has 0 amide bonds. The third-order valence-corrected chi connectivity index (χ3v) is 3.06. The maximum absolute atomic E-state index is 12.2. The predicted molar refractivity (Wildman–Crippen MR) is 72.4 cm³/mol. The van der Waals surface area contributed by atoms with Crippen LogP contribution in [0.25, 0.3) is 0 Å². The van der Waals surface area contributed by atoms with Crippen LogP contribution in [0.1, 0.15) is 34.3 Å². The van der Waals surface area contributed by atoms with Gasteiger partial charge in [-0.05, 0) is 18.6 Å². The summed E-state index contributed by atoms with van der Waals surface area (Å²) in [4.78, 5) is 23.2. The monoisotopic (exact) mass is 289 g/mol. The van der Waals surface area contributed by atoms with Crippen LogP contribution in [0.4, 0.5) is 0 Å². The quantitative estimate of drug-likeness (QED) is 0.813. The second kappa shape index (κ2) is 6.87. The molecule has 0 spiro atoms. The Morgan fingerprint density at radius 2 is 1.55 bits per heavy atom. The fourth-order valence-corrected chi connectivity index (χ4v) is 1.85. The van der Waals surface area contributed by atoms with Gasteiger partial charge in [-0.15, -0.1) is 0 Å². The van der Waals surface area contributed by atoms with Gasteiger partial charge in [-0.2, -0.15) is 0 Å². The van der Waals surface area contributed by atoms with E-state index in [4.69, 9.17) is 5.11 Å². The first-order chi connectivity index (χ1) is 9.09. The highest BCUT2D eigenvalue weighted by atomic mass is 35.5. The Labute approximate surface area is 123 Å². The summed E-state index contributed by atoms with van der Waals surface area (Å²) in [6.07, 6.45) is 0. The molecule has 0 aromatic heterocycles. The molecule has 104 valence electrons. The first kappa shape index (κ1) is 15.9. The minimum atomic E-state index is -0.899. The molecule has 0 aliphatic heterocycles. The summed E-state index contributed by atoms with van der Waals surface area (Å²) in [5, 5.41) is 9.00. The van der Waals surface area contributed by atoms with Crippen LogP contribution in [0, 0.1) is 0 Å². The van der Waals surface area contributed by atoms with E-state index in [0.717, 1.165) is 0 Å². The van der Waals surface area contributed by atoms with Crippen molar-refractivity contribution in [1.29, 1.82) is 0 Å². The van der Waals surface area contributed by atoms with Crippen LogP contribution in [-0.2, 0) is 4.79 Å². The maximum Gasteiger partial charge on any atom is 0.310 e. The highest BCUT2D eigenvalue weighted by Gasteiger charge is 2.16. The van der Waals surface area contributed by atoms with Crippen molar-refractivity contribution in [3.8, 4) is 0 Å². The largest absolute Gasteiger partial charge is 1.00 e. The van der Waals surface area contributed by atoms with E-state index in [1.807, 2.05) is 6.07 Å². The van der Waals surface area contributed by atoms with Crippen molar-refractivity contribution in [3.63, 3.8) is 0 Å². The van der Waals surface area contributed by atoms with Crippen molar-refractivity contribution in [2.24, 2.45) is 0 Å². The van der Waals surface area contributed by atoms with Crippen LogP contribution in [0.3, 0.4) is 0 Å². The van der Waals surface area contributed by atoms with Gasteiger partial charge in [-0.1, -0.05) is 48.5 Å². The number of ketones is 1. The van der Waals surface area contributed by atoms with Crippen LogP contribution in [0.5, 0.6) is 0 Å². The Morgan fingerprint density at radius 1 is 0.950 bits per heavy atom. The molecule has 4 heteroatoms. The molecule has 20 heavy (non-hydrogen) atoms. The van der Waals surface area contributed by atoms with Crippen LogP contribution >= 0.6 is 0 Å². The topological polar surface area (TPSA) is 54.4 Å². The summed E-state index contributed by atoms with van der Waals surface area (Å²) in [5.74, 6) is -1.62. The van der Waals surface area contributed by atoms with Gasteiger partial charge in [0.1, 0.15) is 0 Å². The number of carbonyl (C=O) groups is 2. The van der Waals surface area contributed by atoms with Gasteiger partial charge in [0, 0.05) is 11.1 Å². The van der Waals surface area contributed by atoms with Gasteiger partial charge in [0.05, 0.1) is 5.92 Å². The van der Waals surface area contributed by atoms with Gasteiger partial charge in [-0.25, -0.2) is 0 Å². The first-order valence-electron chi connectivity index (χ1n) is 6.02. The minimum Gasteiger partial charge on any atom is -1.00 e. The molecule has 2 rings (SSSR count). The molecule has 2 aromatic rings. The van der Waals surface area contributed by atoms with E-state index in [0.29, 0.717) is 16.7 Å². The number of halogens is 1. The number of hydrogen-bond acceptors (Lipinski definition) is 2. The number of carbonyl (C=O) groups excluding carboxylic acids is 1. The Bertz CT molecular complexity index is 608. The Balaban J connectivity index is 0.00000200. The number of aliphatic carboxylic acids is 1. The SMILES string of the molecule is CC(C(=O)O)c1cccc(C(=O)c2ccccc2)c1.[Cl-]. The zero-order chi connectivity index (χ0) is 13.8. The molecular formula is C16H14ClO3-. The van der Waals surface area contributed by atoms with Crippen molar-refractivity contribution in [1.82, 2.24) is 0 Å². The van der Waals surface area contributed by atoms with Crippen LogP contribution in [0.15, 0.2) is 54.6 Å². The van der Waals surface area contributed by atoms with Crippen LogP contribution in [0.2, 0.25) is 0 Å². The normalized spacial score (nSPS) is 11.2. The highest BCUT2D eigenvalue weighted by Crippen LogP contribution is 2.18. The Kier molecular flexibility index (Phi) is 5.47. The molecule has 0 bridgehead atoms. The van der Waals surface area contributed by atoms with E-state index in [1.54, 1.807) is 55.5 Å². The fraction of sp³-hybridized carbons (Fsp3) is 0.125. The van der Waals surface area contributed by atoms with E-state index in [-0.39, 0.29) is 18.2 Å². The molecule has 0 heterocycles. The molecule has 0 fully saturated rings. The Hall–Kier alpha value is -2.13. The molecule has 0 aliphatic rings. The minimum absolute atomic E-state index is 0. The zero-order valence-corrected chi connectivity index (χ0v) is 11.7. The summed E-state index contributed by atoms with van der Waals surface area (Å²) in [6, 6.07) is 15.7. The molecule has 0 aliphatic carbocycles. The van der Waals surface area contributed by atoms with Gasteiger partial charge in [0.2, 0.25) is 0 Å². The van der Waals surface area contributed by atoms with Crippen LogP contribution < -0.4 is 12.4 Å². The van der Waals surface area contributed by atoms with Crippen molar-refractivity contribution >= 4 is 11.8 Å². The lowest BCUT2D eigenvalue weighted by atomic mass is 9.96. The van der Waals surface area contributed by atoms with Gasteiger partial charge >= 0.3 is 5.97 Å². The molecule has 3 nitrogen and oxygen atoms in total. The predicted octanol–water partition coefficient (Wildman–Crippen LogP) is 0.110. The lowest BCUT2D eigenvalue weighted by Crippen LogP contribution is -3.00. The first-order valence-corrected chi connectivity index (χ1v) is 6.02. The maximum atomic E-state index is 12.2. The van der Waals surface area contributed by atoms with E-state index in [2.05, 4.69) is 0 Å². The highest BCUT2D eigenvalue weighted by molar-refractivity contribution is 6.09. The van der Waals surface area contributed by atoms with E-state index < -0.39 is 11.9 Å². The molecule has 2 aromatic carbocycles. The van der Waals surface area contributed by atoms with E-state index in [9.17, 15) is 9.59 Å². The summed E-state index contributed by atoms with van der Waals surface area (Å²) in [7, 11) is 0. The third kappa shape index (κ3) is 3.45. The van der Waals surface area contributed by atoms with Crippen molar-refractivity contribution < 1.29 is 27.1 Å². The number of carboxylic acids is 1. The number of rotatable bonds is 4. The lowest BCUT2D eigenvalue weighted by Gasteiger charge is -2.08. The summed E-state index contributed by atoms with van der Waals surface area (Å²) >= 11 is 0. The molecule has 1 N–H and O–H groups in total. The Morgan fingerprint density at radius 3 is 2.15 bits per heavy atom. The van der Waals surface area contributed by atoms with E-state index in [1.165, 1.54) is 0 Å². The molecule has 1 atom stereocenters. The molecule has 0 saturated carbocycles. The van der Waals surface area contributed by atoms with Gasteiger partial charge in [0.25, 0.3) is 0 Å². The van der Waals surface area contributed by atoms with Crippen molar-refractivity contribution in [2.75, 3.05) is 0 Å². The average Bonchev–Trinajstić information content (AvgIpc) is 2.46. The molecule has 1 unspecified atom stereocenters. The van der Waals surface area contributed by atoms with Crippen molar-refractivity contribution in [2.45, 2.75) is 12.8 Å².